The Labute approximate surface area is 101 Å². The third-order valence-corrected chi connectivity index (χ3v) is 3.15. The molecule has 0 radical (unpaired) electrons. The molecule has 1 amide bonds. The average Bonchev–Trinajstić information content (AvgIpc) is 2.21. The van der Waals surface area contributed by atoms with Gasteiger partial charge in [-0.3, -0.25) is 4.79 Å². The number of carbonyl (C=O) groups is 1. The average molecular weight is 254 g/mol. The second kappa shape index (κ2) is 6.23. The highest BCUT2D eigenvalue weighted by molar-refractivity contribution is 5.81. The Morgan fingerprint density at radius 1 is 1.18 bits per heavy atom. The summed E-state index contributed by atoms with van der Waals surface area (Å²) in [5, 5.41) is 0. The predicted molar refractivity (Wildman–Crippen MR) is 60.6 cm³/mol. The molecule has 0 aliphatic carbocycles. The highest BCUT2D eigenvalue weighted by atomic mass is 19.4. The van der Waals surface area contributed by atoms with Gasteiger partial charge in [-0.25, -0.2) is 0 Å². The summed E-state index contributed by atoms with van der Waals surface area (Å²) in [7, 11) is 5.03. The van der Waals surface area contributed by atoms with Crippen molar-refractivity contribution in [3.8, 4) is 0 Å². The lowest BCUT2D eigenvalue weighted by molar-refractivity contribution is -0.184. The number of halogens is 3. The molecule has 0 rings (SSSR count). The minimum atomic E-state index is -4.77. The van der Waals surface area contributed by atoms with E-state index in [1.165, 1.54) is 7.05 Å². The van der Waals surface area contributed by atoms with Gasteiger partial charge in [0.25, 0.3) is 0 Å². The van der Waals surface area contributed by atoms with Crippen LogP contribution in [0.5, 0.6) is 0 Å². The predicted octanol–water partition coefficient (Wildman–Crippen LogP) is 1.98. The molecule has 17 heavy (non-hydrogen) atoms. The van der Waals surface area contributed by atoms with Crippen molar-refractivity contribution < 1.29 is 18.0 Å². The van der Waals surface area contributed by atoms with Gasteiger partial charge in [0.05, 0.1) is 0 Å². The van der Waals surface area contributed by atoms with E-state index in [2.05, 4.69) is 0 Å². The fourth-order valence-electron chi connectivity index (χ4n) is 1.47. The Hall–Kier alpha value is -0.780. The van der Waals surface area contributed by atoms with E-state index >= 15 is 0 Å². The molecule has 0 bridgehead atoms. The van der Waals surface area contributed by atoms with Gasteiger partial charge in [-0.15, -0.1) is 0 Å². The molecule has 0 N–H and O–H groups in total. The number of rotatable bonds is 5. The van der Waals surface area contributed by atoms with E-state index in [0.29, 0.717) is 6.42 Å². The molecule has 3 nitrogen and oxygen atoms in total. The zero-order chi connectivity index (χ0) is 13.8. The smallest absolute Gasteiger partial charge is 0.338 e. The van der Waals surface area contributed by atoms with E-state index in [9.17, 15) is 18.0 Å². The van der Waals surface area contributed by atoms with E-state index in [-0.39, 0.29) is 18.5 Å². The van der Waals surface area contributed by atoms with Gasteiger partial charge in [-0.2, -0.15) is 13.2 Å². The van der Waals surface area contributed by atoms with Gasteiger partial charge < -0.3 is 9.80 Å². The molecule has 0 saturated carbocycles. The second-order valence-corrected chi connectivity index (χ2v) is 4.69. The fourth-order valence-corrected chi connectivity index (χ4v) is 1.47. The standard InChI is InChI=1S/C11H21F3N2O/c1-8(9(2)15(3)4)6-7-16(5)10(17)11(12,13)14/h8-9H,6-7H2,1-5H3. The van der Waals surface area contributed by atoms with Crippen molar-refractivity contribution in [2.75, 3.05) is 27.7 Å². The molecular weight excluding hydrogens is 233 g/mol. The first-order chi connectivity index (χ1) is 7.57. The van der Waals surface area contributed by atoms with Gasteiger partial charge in [0.2, 0.25) is 0 Å². The Morgan fingerprint density at radius 2 is 1.65 bits per heavy atom. The van der Waals surface area contributed by atoms with Crippen LogP contribution in [0.25, 0.3) is 0 Å². The lowest BCUT2D eigenvalue weighted by Crippen LogP contribution is -2.40. The molecule has 6 heteroatoms. The number of carbonyl (C=O) groups excluding carboxylic acids is 1. The van der Waals surface area contributed by atoms with Crippen molar-refractivity contribution in [3.63, 3.8) is 0 Å². The molecule has 0 aromatic heterocycles. The summed E-state index contributed by atoms with van der Waals surface area (Å²) < 4.78 is 36.3. The summed E-state index contributed by atoms with van der Waals surface area (Å²) in [6.07, 6.45) is -4.22. The van der Waals surface area contributed by atoms with Crippen LogP contribution < -0.4 is 0 Å². The summed E-state index contributed by atoms with van der Waals surface area (Å²) in [6.45, 7) is 4.10. The highest BCUT2D eigenvalue weighted by Gasteiger charge is 2.41. The summed E-state index contributed by atoms with van der Waals surface area (Å²) in [4.78, 5) is 13.6. The molecule has 0 aliphatic rings. The van der Waals surface area contributed by atoms with Crippen LogP contribution in [0.3, 0.4) is 0 Å². The summed E-state index contributed by atoms with van der Waals surface area (Å²) in [6, 6.07) is 0.268. The zero-order valence-corrected chi connectivity index (χ0v) is 11.0. The molecule has 0 spiro atoms. The zero-order valence-electron chi connectivity index (χ0n) is 11.0. The Kier molecular flexibility index (Phi) is 5.95. The van der Waals surface area contributed by atoms with Crippen molar-refractivity contribution in [2.45, 2.75) is 32.5 Å². The van der Waals surface area contributed by atoms with Gasteiger partial charge in [-0.05, 0) is 33.4 Å². The molecule has 0 heterocycles. The second-order valence-electron chi connectivity index (χ2n) is 4.69. The summed E-state index contributed by atoms with van der Waals surface area (Å²) in [5.74, 6) is -1.55. The quantitative estimate of drug-likeness (QED) is 0.749. The third kappa shape index (κ3) is 5.39. The third-order valence-electron chi connectivity index (χ3n) is 3.15. The van der Waals surface area contributed by atoms with Crippen molar-refractivity contribution in [3.05, 3.63) is 0 Å². The van der Waals surface area contributed by atoms with Crippen LogP contribution >= 0.6 is 0 Å². The highest BCUT2D eigenvalue weighted by Crippen LogP contribution is 2.19. The van der Waals surface area contributed by atoms with E-state index < -0.39 is 12.1 Å². The first kappa shape index (κ1) is 16.2. The number of hydrogen-bond acceptors (Lipinski definition) is 2. The summed E-state index contributed by atoms with van der Waals surface area (Å²) >= 11 is 0. The maximum Gasteiger partial charge on any atom is 0.471 e. The Balaban J connectivity index is 4.17. The number of nitrogens with zero attached hydrogens (tertiary/aromatic N) is 2. The molecule has 0 fully saturated rings. The minimum absolute atomic E-state index is 0.123. The van der Waals surface area contributed by atoms with E-state index in [1.54, 1.807) is 0 Å². The van der Waals surface area contributed by atoms with Crippen LogP contribution in [-0.2, 0) is 4.79 Å². The number of hydrogen-bond donors (Lipinski definition) is 0. The van der Waals surface area contributed by atoms with Gasteiger partial charge in [0.15, 0.2) is 0 Å². The number of amides is 1. The van der Waals surface area contributed by atoms with Crippen LogP contribution in [-0.4, -0.2) is 55.6 Å². The van der Waals surface area contributed by atoms with Crippen LogP contribution in [0.4, 0.5) is 13.2 Å². The molecular formula is C11H21F3N2O. The van der Waals surface area contributed by atoms with Crippen molar-refractivity contribution in [1.82, 2.24) is 9.80 Å². The first-order valence-electron chi connectivity index (χ1n) is 5.56. The van der Waals surface area contributed by atoms with Crippen LogP contribution in [0, 0.1) is 5.92 Å². The molecule has 102 valence electrons. The van der Waals surface area contributed by atoms with Gasteiger partial charge in [0.1, 0.15) is 0 Å². The lowest BCUT2D eigenvalue weighted by atomic mass is 9.99. The molecule has 0 aromatic carbocycles. The maximum atomic E-state index is 12.1. The Morgan fingerprint density at radius 3 is 2.00 bits per heavy atom. The molecule has 2 atom stereocenters. The SMILES string of the molecule is CC(CCN(C)C(=O)C(F)(F)F)C(C)N(C)C. The van der Waals surface area contributed by atoms with Crippen molar-refractivity contribution in [1.29, 1.82) is 0 Å². The van der Waals surface area contributed by atoms with Gasteiger partial charge in [0, 0.05) is 19.6 Å². The fraction of sp³-hybridized carbons (Fsp3) is 0.909. The normalized spacial score (nSPS) is 15.8. The Bertz CT molecular complexity index is 254. The van der Waals surface area contributed by atoms with Gasteiger partial charge >= 0.3 is 12.1 Å². The number of alkyl halides is 3. The van der Waals surface area contributed by atoms with E-state index in [4.69, 9.17) is 0 Å². The molecule has 0 aromatic rings. The lowest BCUT2D eigenvalue weighted by Gasteiger charge is -2.28. The van der Waals surface area contributed by atoms with Crippen molar-refractivity contribution in [2.24, 2.45) is 5.92 Å². The van der Waals surface area contributed by atoms with Crippen molar-refractivity contribution >= 4 is 5.91 Å². The topological polar surface area (TPSA) is 23.6 Å². The molecule has 0 saturated heterocycles. The molecule has 0 aliphatic heterocycles. The van der Waals surface area contributed by atoms with Crippen LogP contribution in [0.1, 0.15) is 20.3 Å². The summed E-state index contributed by atoms with van der Waals surface area (Å²) in [5.41, 5.74) is 0. The maximum absolute atomic E-state index is 12.1. The molecule has 2 unspecified atom stereocenters. The van der Waals surface area contributed by atoms with Crippen LogP contribution in [0.2, 0.25) is 0 Å². The van der Waals surface area contributed by atoms with E-state index in [1.807, 2.05) is 32.8 Å². The largest absolute Gasteiger partial charge is 0.471 e. The van der Waals surface area contributed by atoms with Gasteiger partial charge in [-0.1, -0.05) is 6.92 Å². The monoisotopic (exact) mass is 254 g/mol. The van der Waals surface area contributed by atoms with E-state index in [0.717, 1.165) is 4.90 Å². The first-order valence-corrected chi connectivity index (χ1v) is 5.56. The minimum Gasteiger partial charge on any atom is -0.338 e. The van der Waals surface area contributed by atoms with Crippen LogP contribution in [0.15, 0.2) is 0 Å².